The Morgan fingerprint density at radius 2 is 1.84 bits per heavy atom. The maximum Gasteiger partial charge on any atom is 0.351 e. The number of Topliss-reactive ketones (excluding diaryl/α,β-unsaturated/α-hetero) is 1. The van der Waals surface area contributed by atoms with Gasteiger partial charge < -0.3 is 19.2 Å². The molecule has 1 atom stereocenters. The van der Waals surface area contributed by atoms with Gasteiger partial charge in [-0.15, -0.1) is 0 Å². The van der Waals surface area contributed by atoms with Crippen LogP contribution in [0, 0.1) is 0 Å². The van der Waals surface area contributed by atoms with Crippen LogP contribution in [-0.2, 0) is 9.53 Å². The van der Waals surface area contributed by atoms with E-state index in [1.165, 1.54) is 0 Å². The molecule has 0 saturated carbocycles. The van der Waals surface area contributed by atoms with Gasteiger partial charge in [0.25, 0.3) is 0 Å². The molecule has 0 fully saturated rings. The third kappa shape index (κ3) is 2.94. The van der Waals surface area contributed by atoms with Gasteiger partial charge in [0, 0.05) is 22.7 Å². The van der Waals surface area contributed by atoms with Crippen molar-refractivity contribution in [1.29, 1.82) is 0 Å². The second-order valence-electron chi connectivity index (χ2n) is 5.64. The molecular weight excluding hydrogens is 322 g/mol. The Kier molecular flexibility index (Phi) is 3.85. The molecule has 0 amide bonds. The lowest BCUT2D eigenvalue weighted by Crippen LogP contribution is -2.38. The topological polar surface area (TPSA) is 77.6 Å². The van der Waals surface area contributed by atoms with Crippen molar-refractivity contribution >= 4 is 22.7 Å². The third-order valence-electron chi connectivity index (χ3n) is 4.01. The minimum atomic E-state index is -0.884. The van der Waals surface area contributed by atoms with E-state index in [1.54, 1.807) is 24.4 Å². The van der Waals surface area contributed by atoms with Crippen LogP contribution < -0.4 is 9.47 Å². The normalized spacial score (nSPS) is 15.8. The van der Waals surface area contributed by atoms with Crippen LogP contribution in [0.5, 0.6) is 11.5 Å². The first kappa shape index (κ1) is 15.3. The zero-order chi connectivity index (χ0) is 17.2. The molecule has 0 unspecified atom stereocenters. The first-order valence-electron chi connectivity index (χ1n) is 7.87. The average molecular weight is 337 g/mol. The number of para-hydroxylation sites is 3. The first-order valence-corrected chi connectivity index (χ1v) is 7.87. The summed E-state index contributed by atoms with van der Waals surface area (Å²) in [6.07, 6.45) is 0.739. The van der Waals surface area contributed by atoms with Gasteiger partial charge in [0.1, 0.15) is 6.61 Å². The highest BCUT2D eigenvalue weighted by atomic mass is 16.6. The molecule has 0 spiro atoms. The smallest absolute Gasteiger partial charge is 0.351 e. The Hall–Kier alpha value is -3.28. The number of ether oxygens (including phenoxy) is 3. The van der Waals surface area contributed by atoms with Crippen LogP contribution in [0.3, 0.4) is 0 Å². The third-order valence-corrected chi connectivity index (χ3v) is 4.01. The highest BCUT2D eigenvalue weighted by Crippen LogP contribution is 2.31. The molecular formula is C19H15NO5. The summed E-state index contributed by atoms with van der Waals surface area (Å²) in [6.45, 7) is -0.292. The molecule has 0 aliphatic carbocycles. The molecule has 2 heterocycles. The number of fused-ring (bicyclic) bond motifs is 2. The number of aromatic amines is 1. The van der Waals surface area contributed by atoms with Crippen LogP contribution in [0.15, 0.2) is 54.7 Å². The fraction of sp³-hybridized carbons (Fsp3) is 0.158. The summed E-state index contributed by atoms with van der Waals surface area (Å²) in [7, 11) is 0. The van der Waals surface area contributed by atoms with Gasteiger partial charge in [0.05, 0.1) is 0 Å². The molecule has 1 aliphatic rings. The molecule has 126 valence electrons. The van der Waals surface area contributed by atoms with Crippen molar-refractivity contribution in [2.75, 3.05) is 13.2 Å². The van der Waals surface area contributed by atoms with E-state index in [0.29, 0.717) is 17.1 Å². The highest BCUT2D eigenvalue weighted by Gasteiger charge is 2.29. The SMILES string of the molecule is O=C(COC(=O)[C@@H]1COc2ccccc2O1)c1c[nH]c2ccccc12. The predicted octanol–water partition coefficient (Wildman–Crippen LogP) is 2.73. The fourth-order valence-electron chi connectivity index (χ4n) is 2.75. The number of hydrogen-bond donors (Lipinski definition) is 1. The van der Waals surface area contributed by atoms with Crippen LogP contribution >= 0.6 is 0 Å². The maximum absolute atomic E-state index is 12.3. The van der Waals surface area contributed by atoms with Crippen LogP contribution in [0.4, 0.5) is 0 Å². The van der Waals surface area contributed by atoms with Crippen LogP contribution in [0.25, 0.3) is 10.9 Å². The molecule has 3 aromatic rings. The van der Waals surface area contributed by atoms with E-state index in [1.807, 2.05) is 30.3 Å². The number of rotatable bonds is 4. The number of benzene rings is 2. The minimum Gasteiger partial charge on any atom is -0.485 e. The summed E-state index contributed by atoms with van der Waals surface area (Å²) in [5.74, 6) is 0.172. The van der Waals surface area contributed by atoms with Gasteiger partial charge in [0.15, 0.2) is 18.1 Å². The van der Waals surface area contributed by atoms with E-state index in [-0.39, 0.29) is 19.0 Å². The lowest BCUT2D eigenvalue weighted by molar-refractivity contribution is -0.153. The van der Waals surface area contributed by atoms with Gasteiger partial charge in [-0.1, -0.05) is 30.3 Å². The van der Waals surface area contributed by atoms with E-state index in [9.17, 15) is 9.59 Å². The Morgan fingerprint density at radius 1 is 1.08 bits per heavy atom. The number of nitrogens with one attached hydrogen (secondary N) is 1. The molecule has 0 saturated heterocycles. The number of hydrogen-bond acceptors (Lipinski definition) is 5. The van der Waals surface area contributed by atoms with Crippen LogP contribution in [0.2, 0.25) is 0 Å². The zero-order valence-electron chi connectivity index (χ0n) is 13.2. The second-order valence-corrected chi connectivity index (χ2v) is 5.64. The summed E-state index contributed by atoms with van der Waals surface area (Å²) in [6, 6.07) is 14.5. The van der Waals surface area contributed by atoms with Gasteiger partial charge in [-0.3, -0.25) is 4.79 Å². The van der Waals surface area contributed by atoms with Gasteiger partial charge >= 0.3 is 5.97 Å². The molecule has 6 heteroatoms. The maximum atomic E-state index is 12.3. The number of carbonyl (C=O) groups excluding carboxylic acids is 2. The van der Waals surface area contributed by atoms with E-state index in [0.717, 1.165) is 10.9 Å². The summed E-state index contributed by atoms with van der Waals surface area (Å²) < 4.78 is 16.2. The molecule has 4 rings (SSSR count). The summed E-state index contributed by atoms with van der Waals surface area (Å²) in [4.78, 5) is 27.5. The van der Waals surface area contributed by atoms with Crippen molar-refractivity contribution < 1.29 is 23.8 Å². The Labute approximate surface area is 143 Å². The fourth-order valence-corrected chi connectivity index (χ4v) is 2.75. The molecule has 0 bridgehead atoms. The quantitative estimate of drug-likeness (QED) is 0.585. The lowest BCUT2D eigenvalue weighted by Gasteiger charge is -2.24. The number of ketones is 1. The summed E-state index contributed by atoms with van der Waals surface area (Å²) in [5.41, 5.74) is 1.35. The van der Waals surface area contributed by atoms with E-state index in [4.69, 9.17) is 14.2 Å². The number of esters is 1. The summed E-state index contributed by atoms with van der Waals surface area (Å²) in [5, 5.41) is 0.801. The van der Waals surface area contributed by atoms with Crippen molar-refractivity contribution in [3.8, 4) is 11.5 Å². The van der Waals surface area contributed by atoms with Gasteiger partial charge in [-0.25, -0.2) is 4.79 Å². The van der Waals surface area contributed by atoms with Crippen LogP contribution in [-0.4, -0.2) is 36.1 Å². The number of H-pyrrole nitrogens is 1. The van der Waals surface area contributed by atoms with Gasteiger partial charge in [-0.2, -0.15) is 0 Å². The van der Waals surface area contributed by atoms with Crippen molar-refractivity contribution in [2.24, 2.45) is 0 Å². The second kappa shape index (κ2) is 6.32. The van der Waals surface area contributed by atoms with Crippen molar-refractivity contribution in [1.82, 2.24) is 4.98 Å². The Bertz CT molecular complexity index is 946. The standard InChI is InChI=1S/C19H15NO5/c21-15(13-9-20-14-6-2-1-5-12(13)14)10-24-19(22)18-11-23-16-7-3-4-8-17(16)25-18/h1-9,18,20H,10-11H2/t18-/m0/s1. The van der Waals surface area contributed by atoms with Crippen molar-refractivity contribution in [2.45, 2.75) is 6.10 Å². The van der Waals surface area contributed by atoms with Crippen molar-refractivity contribution in [3.63, 3.8) is 0 Å². The van der Waals surface area contributed by atoms with E-state index >= 15 is 0 Å². The molecule has 1 N–H and O–H groups in total. The van der Waals surface area contributed by atoms with Crippen molar-refractivity contribution in [3.05, 3.63) is 60.3 Å². The molecule has 0 radical (unpaired) electrons. The Balaban J connectivity index is 1.40. The van der Waals surface area contributed by atoms with Crippen LogP contribution in [0.1, 0.15) is 10.4 Å². The minimum absolute atomic E-state index is 0.0527. The Morgan fingerprint density at radius 3 is 2.72 bits per heavy atom. The van der Waals surface area contributed by atoms with E-state index < -0.39 is 12.1 Å². The molecule has 1 aromatic heterocycles. The molecule has 2 aromatic carbocycles. The average Bonchev–Trinajstić information content (AvgIpc) is 3.09. The van der Waals surface area contributed by atoms with E-state index in [2.05, 4.69) is 4.98 Å². The highest BCUT2D eigenvalue weighted by molar-refractivity contribution is 6.08. The summed E-state index contributed by atoms with van der Waals surface area (Å²) >= 11 is 0. The first-order chi connectivity index (χ1) is 12.2. The van der Waals surface area contributed by atoms with Gasteiger partial charge in [0.2, 0.25) is 11.9 Å². The number of aromatic nitrogens is 1. The predicted molar refractivity (Wildman–Crippen MR) is 89.9 cm³/mol. The monoisotopic (exact) mass is 337 g/mol. The molecule has 6 nitrogen and oxygen atoms in total. The number of carbonyl (C=O) groups is 2. The largest absolute Gasteiger partial charge is 0.485 e. The lowest BCUT2D eigenvalue weighted by atomic mass is 10.1. The van der Waals surface area contributed by atoms with Gasteiger partial charge in [-0.05, 0) is 18.2 Å². The molecule has 25 heavy (non-hydrogen) atoms. The zero-order valence-corrected chi connectivity index (χ0v) is 13.2. The molecule has 1 aliphatic heterocycles.